The van der Waals surface area contributed by atoms with E-state index in [-0.39, 0.29) is 18.9 Å². The number of hydrogen-bond donors (Lipinski definition) is 2. The van der Waals surface area contributed by atoms with Gasteiger partial charge in [-0.2, -0.15) is 0 Å². The molecule has 2 amide bonds. The summed E-state index contributed by atoms with van der Waals surface area (Å²) in [5.74, 6) is -1.80. The predicted molar refractivity (Wildman–Crippen MR) is 110 cm³/mol. The Morgan fingerprint density at radius 1 is 1.33 bits per heavy atom. The summed E-state index contributed by atoms with van der Waals surface area (Å²) in [6.45, 7) is 3.40. The fourth-order valence-corrected chi connectivity index (χ4v) is 3.70. The van der Waals surface area contributed by atoms with E-state index in [1.54, 1.807) is 6.08 Å². The van der Waals surface area contributed by atoms with Gasteiger partial charge in [0.25, 0.3) is 5.91 Å². The highest BCUT2D eigenvalue weighted by Gasteiger charge is 2.32. The molecule has 1 aromatic carbocycles. The molecule has 0 aromatic heterocycles. The molecule has 142 valence electrons. The van der Waals surface area contributed by atoms with Crippen LogP contribution < -0.4 is 5.32 Å². The molecule has 1 aliphatic rings. The Morgan fingerprint density at radius 3 is 2.63 bits per heavy atom. The first-order valence-electron chi connectivity index (χ1n) is 8.29. The summed E-state index contributed by atoms with van der Waals surface area (Å²) in [7, 11) is 0. The van der Waals surface area contributed by atoms with E-state index in [0.717, 1.165) is 11.1 Å². The minimum atomic E-state index is -1.11. The second kappa shape index (κ2) is 9.48. The van der Waals surface area contributed by atoms with Gasteiger partial charge in [-0.05, 0) is 31.1 Å². The van der Waals surface area contributed by atoms with Crippen molar-refractivity contribution in [1.29, 1.82) is 0 Å². The molecule has 1 saturated heterocycles. The summed E-state index contributed by atoms with van der Waals surface area (Å²) in [5, 5.41) is 11.2. The first-order valence-corrected chi connectivity index (χ1v) is 9.51. The van der Waals surface area contributed by atoms with Crippen LogP contribution in [0, 0.1) is 0 Å². The number of thioether (sulfide) groups is 1. The molecule has 0 radical (unpaired) electrons. The smallest absolute Gasteiger partial charge is 0.325 e. The number of amides is 2. The van der Waals surface area contributed by atoms with Crippen molar-refractivity contribution < 1.29 is 19.5 Å². The van der Waals surface area contributed by atoms with Crippen LogP contribution >= 0.6 is 24.0 Å². The fourth-order valence-electron chi connectivity index (χ4n) is 2.34. The highest BCUT2D eigenvalue weighted by molar-refractivity contribution is 8.26. The van der Waals surface area contributed by atoms with Crippen LogP contribution in [0.1, 0.15) is 25.8 Å². The Morgan fingerprint density at radius 2 is 2.00 bits per heavy atom. The molecule has 1 atom stereocenters. The zero-order chi connectivity index (χ0) is 20.0. The van der Waals surface area contributed by atoms with E-state index in [2.05, 4.69) is 5.32 Å². The van der Waals surface area contributed by atoms with Gasteiger partial charge in [0.05, 0.1) is 4.91 Å². The predicted octanol–water partition coefficient (Wildman–Crippen LogP) is 2.81. The standard InChI is InChI=1S/C19H20N2O4S2/c1-12(10-14-6-4-3-5-7-14)11-15-17(23)21(19(26)27-15)9-8-16(22)20-13(2)18(24)25/h3-7,10-11,13H,8-9H2,1-2H3,(H,20,22)(H,24,25)/b12-10-,15-11+. The SMILES string of the molecule is CC(=C/c1ccccc1)/C=C1/SC(=S)N(CCC(=O)NC(C)C(=O)O)C1=O. The molecule has 1 fully saturated rings. The average molecular weight is 405 g/mol. The van der Waals surface area contributed by atoms with Gasteiger partial charge in [0, 0.05) is 13.0 Å². The number of carboxylic acid groups (broad SMARTS) is 1. The molecule has 0 aliphatic carbocycles. The first-order chi connectivity index (χ1) is 12.8. The molecule has 2 N–H and O–H groups in total. The Bertz CT molecular complexity index is 818. The zero-order valence-electron chi connectivity index (χ0n) is 15.0. The van der Waals surface area contributed by atoms with E-state index in [9.17, 15) is 14.4 Å². The van der Waals surface area contributed by atoms with Crippen molar-refractivity contribution in [3.05, 3.63) is 52.4 Å². The number of allylic oxidation sites excluding steroid dienone is 2. The van der Waals surface area contributed by atoms with Crippen molar-refractivity contribution in [2.24, 2.45) is 0 Å². The molecule has 27 heavy (non-hydrogen) atoms. The third-order valence-corrected chi connectivity index (χ3v) is 5.11. The molecular formula is C19H20N2O4S2. The van der Waals surface area contributed by atoms with Crippen molar-refractivity contribution >= 4 is 52.2 Å². The van der Waals surface area contributed by atoms with E-state index in [1.807, 2.05) is 43.3 Å². The van der Waals surface area contributed by atoms with E-state index >= 15 is 0 Å². The van der Waals surface area contributed by atoms with Crippen molar-refractivity contribution in [3.8, 4) is 0 Å². The summed E-state index contributed by atoms with van der Waals surface area (Å²) in [6.07, 6.45) is 3.72. The van der Waals surface area contributed by atoms with Crippen LogP contribution in [0.3, 0.4) is 0 Å². The monoisotopic (exact) mass is 404 g/mol. The number of carbonyl (C=O) groups is 3. The number of hydrogen-bond acceptors (Lipinski definition) is 5. The lowest BCUT2D eigenvalue weighted by atomic mass is 10.1. The normalized spacial score (nSPS) is 17.3. The maximum absolute atomic E-state index is 12.5. The van der Waals surface area contributed by atoms with Crippen molar-refractivity contribution in [2.75, 3.05) is 6.54 Å². The maximum Gasteiger partial charge on any atom is 0.325 e. The van der Waals surface area contributed by atoms with Crippen LogP contribution in [-0.4, -0.2) is 44.7 Å². The third kappa shape index (κ3) is 6.04. The number of carbonyl (C=O) groups excluding carboxylic acids is 2. The minimum absolute atomic E-state index is 0.0177. The van der Waals surface area contributed by atoms with Crippen LogP contribution in [0.25, 0.3) is 6.08 Å². The number of thiocarbonyl (C=S) groups is 1. The second-order valence-corrected chi connectivity index (χ2v) is 7.69. The lowest BCUT2D eigenvalue weighted by Crippen LogP contribution is -2.40. The summed E-state index contributed by atoms with van der Waals surface area (Å²) in [5.41, 5.74) is 1.95. The molecule has 1 heterocycles. The van der Waals surface area contributed by atoms with Crippen molar-refractivity contribution in [2.45, 2.75) is 26.3 Å². The Hall–Kier alpha value is -2.45. The molecule has 8 heteroatoms. The van der Waals surface area contributed by atoms with Gasteiger partial charge in [-0.15, -0.1) is 0 Å². The molecule has 0 bridgehead atoms. The quantitative estimate of drug-likeness (QED) is 0.537. The molecule has 6 nitrogen and oxygen atoms in total. The maximum atomic E-state index is 12.5. The lowest BCUT2D eigenvalue weighted by molar-refractivity contribution is -0.141. The van der Waals surface area contributed by atoms with Crippen LogP contribution in [-0.2, 0) is 14.4 Å². The minimum Gasteiger partial charge on any atom is -0.480 e. The van der Waals surface area contributed by atoms with Crippen LogP contribution in [0.15, 0.2) is 46.9 Å². The number of benzene rings is 1. The molecule has 2 rings (SSSR count). The van der Waals surface area contributed by atoms with E-state index in [4.69, 9.17) is 17.3 Å². The Balaban J connectivity index is 1.99. The van der Waals surface area contributed by atoms with E-state index in [0.29, 0.717) is 9.23 Å². The van der Waals surface area contributed by atoms with Crippen LogP contribution in [0.4, 0.5) is 0 Å². The number of nitrogens with zero attached hydrogens (tertiary/aromatic N) is 1. The largest absolute Gasteiger partial charge is 0.480 e. The van der Waals surface area contributed by atoms with Gasteiger partial charge in [0.1, 0.15) is 10.4 Å². The lowest BCUT2D eigenvalue weighted by Gasteiger charge is -2.15. The van der Waals surface area contributed by atoms with Gasteiger partial charge >= 0.3 is 5.97 Å². The number of nitrogens with one attached hydrogen (secondary N) is 1. The first kappa shape index (κ1) is 20.9. The number of carboxylic acids is 1. The summed E-state index contributed by atoms with van der Waals surface area (Å²) < 4.78 is 0.387. The number of aliphatic carboxylic acids is 1. The highest BCUT2D eigenvalue weighted by atomic mass is 32.2. The summed E-state index contributed by atoms with van der Waals surface area (Å²) in [6, 6.07) is 8.78. The van der Waals surface area contributed by atoms with Gasteiger partial charge in [-0.25, -0.2) is 0 Å². The molecule has 1 aromatic rings. The van der Waals surface area contributed by atoms with E-state index in [1.165, 1.54) is 23.6 Å². The summed E-state index contributed by atoms with van der Waals surface area (Å²) >= 11 is 6.43. The van der Waals surface area contributed by atoms with E-state index < -0.39 is 17.9 Å². The second-order valence-electron chi connectivity index (χ2n) is 6.01. The van der Waals surface area contributed by atoms with Crippen LogP contribution in [0.2, 0.25) is 0 Å². The molecule has 1 aliphatic heterocycles. The van der Waals surface area contributed by atoms with Crippen LogP contribution in [0.5, 0.6) is 0 Å². The van der Waals surface area contributed by atoms with Gasteiger partial charge in [-0.3, -0.25) is 19.3 Å². The highest BCUT2D eigenvalue weighted by Crippen LogP contribution is 2.32. The topological polar surface area (TPSA) is 86.7 Å². The van der Waals surface area contributed by atoms with Gasteiger partial charge < -0.3 is 10.4 Å². The molecule has 1 unspecified atom stereocenters. The third-order valence-electron chi connectivity index (χ3n) is 3.74. The Labute approximate surface area is 167 Å². The molecular weight excluding hydrogens is 384 g/mol. The molecule has 0 spiro atoms. The summed E-state index contributed by atoms with van der Waals surface area (Å²) in [4.78, 5) is 37.0. The van der Waals surface area contributed by atoms with Gasteiger partial charge in [0.15, 0.2) is 0 Å². The van der Waals surface area contributed by atoms with Crippen molar-refractivity contribution in [3.63, 3.8) is 0 Å². The van der Waals surface area contributed by atoms with Gasteiger partial charge in [-0.1, -0.05) is 60.4 Å². The Kier molecular flexibility index (Phi) is 7.32. The zero-order valence-corrected chi connectivity index (χ0v) is 16.6. The fraction of sp³-hybridized carbons (Fsp3) is 0.263. The molecule has 0 saturated carbocycles. The van der Waals surface area contributed by atoms with Gasteiger partial charge in [0.2, 0.25) is 5.91 Å². The average Bonchev–Trinajstić information content (AvgIpc) is 2.87. The van der Waals surface area contributed by atoms with Crippen molar-refractivity contribution in [1.82, 2.24) is 10.2 Å². The number of rotatable bonds is 7.